The van der Waals surface area contributed by atoms with Crippen molar-refractivity contribution in [2.45, 2.75) is 20.1 Å². The average Bonchev–Trinajstić information content (AvgIpc) is 2.29. The van der Waals surface area contributed by atoms with Crippen LogP contribution in [-0.4, -0.2) is 16.2 Å². The van der Waals surface area contributed by atoms with Crippen molar-refractivity contribution < 1.29 is 4.74 Å². The number of aromatic nitrogens is 2. The molecule has 0 aliphatic carbocycles. The van der Waals surface area contributed by atoms with Crippen molar-refractivity contribution in [3.8, 4) is 17.1 Å². The Labute approximate surface area is 100 Å². The van der Waals surface area contributed by atoms with Gasteiger partial charge in [-0.25, -0.2) is 9.97 Å². The van der Waals surface area contributed by atoms with E-state index in [1.807, 2.05) is 31.2 Å². The molecule has 1 aromatic carbocycles. The van der Waals surface area contributed by atoms with E-state index in [0.717, 1.165) is 5.56 Å². The first-order valence-corrected chi connectivity index (χ1v) is 5.46. The fourth-order valence-electron chi connectivity index (χ4n) is 1.52. The molecule has 0 spiro atoms. The number of aryl methyl sites for hydroxylation is 1. The molecule has 0 saturated carbocycles. The highest BCUT2D eigenvalue weighted by Gasteiger charge is 2.03. The van der Waals surface area contributed by atoms with Crippen LogP contribution in [0.4, 0.5) is 0 Å². The van der Waals surface area contributed by atoms with Gasteiger partial charge in [-0.3, -0.25) is 5.73 Å². The highest BCUT2D eigenvalue weighted by molar-refractivity contribution is 5.55. The second-order valence-electron chi connectivity index (χ2n) is 3.93. The minimum Gasteiger partial charge on any atom is -0.473 e. The van der Waals surface area contributed by atoms with Crippen LogP contribution in [0.1, 0.15) is 12.5 Å². The Morgan fingerprint density at radius 1 is 1.24 bits per heavy atom. The minimum atomic E-state index is -0.358. The van der Waals surface area contributed by atoms with Crippen molar-refractivity contribution in [3.63, 3.8) is 0 Å². The van der Waals surface area contributed by atoms with Crippen LogP contribution in [0.15, 0.2) is 36.7 Å². The van der Waals surface area contributed by atoms with Crippen LogP contribution >= 0.6 is 0 Å². The van der Waals surface area contributed by atoms with E-state index in [-0.39, 0.29) is 6.23 Å². The lowest BCUT2D eigenvalue weighted by Gasteiger charge is -2.08. The molecule has 0 amide bonds. The van der Waals surface area contributed by atoms with E-state index < -0.39 is 0 Å². The maximum absolute atomic E-state index is 5.52. The predicted octanol–water partition coefficient (Wildman–Crippen LogP) is 2.14. The number of ether oxygens (including phenoxy) is 1. The van der Waals surface area contributed by atoms with Crippen molar-refractivity contribution in [2.75, 3.05) is 0 Å². The molecule has 88 valence electrons. The Balaban J connectivity index is 2.23. The Bertz CT molecular complexity index is 494. The lowest BCUT2D eigenvalue weighted by atomic mass is 10.1. The molecule has 0 aliphatic heterocycles. The van der Waals surface area contributed by atoms with E-state index in [1.165, 1.54) is 5.56 Å². The summed E-state index contributed by atoms with van der Waals surface area (Å²) >= 11 is 0. The van der Waals surface area contributed by atoms with Gasteiger partial charge in [-0.15, -0.1) is 0 Å². The van der Waals surface area contributed by atoms with Gasteiger partial charge in [-0.1, -0.05) is 23.8 Å². The summed E-state index contributed by atoms with van der Waals surface area (Å²) in [5, 5.41) is 0. The van der Waals surface area contributed by atoms with E-state index >= 15 is 0 Å². The second-order valence-corrected chi connectivity index (χ2v) is 3.93. The van der Waals surface area contributed by atoms with E-state index in [0.29, 0.717) is 11.6 Å². The molecule has 0 saturated heterocycles. The van der Waals surface area contributed by atoms with Gasteiger partial charge >= 0.3 is 0 Å². The van der Waals surface area contributed by atoms with E-state index in [4.69, 9.17) is 10.5 Å². The van der Waals surface area contributed by atoms with Gasteiger partial charge in [-0.2, -0.15) is 0 Å². The average molecular weight is 229 g/mol. The summed E-state index contributed by atoms with van der Waals surface area (Å²) in [5.41, 5.74) is 7.70. The second kappa shape index (κ2) is 4.93. The molecule has 1 atom stereocenters. The van der Waals surface area contributed by atoms with Gasteiger partial charge in [0.15, 0.2) is 11.6 Å². The molecule has 0 radical (unpaired) electrons. The predicted molar refractivity (Wildman–Crippen MR) is 66.5 cm³/mol. The van der Waals surface area contributed by atoms with Crippen molar-refractivity contribution in [3.05, 3.63) is 42.2 Å². The van der Waals surface area contributed by atoms with Gasteiger partial charge in [0.25, 0.3) is 0 Å². The molecule has 1 aromatic heterocycles. The Morgan fingerprint density at radius 3 is 2.53 bits per heavy atom. The first-order valence-electron chi connectivity index (χ1n) is 5.46. The molecule has 2 N–H and O–H groups in total. The third kappa shape index (κ3) is 3.01. The zero-order valence-corrected chi connectivity index (χ0v) is 9.92. The molecular formula is C13H15N3O. The third-order valence-electron chi connectivity index (χ3n) is 2.23. The Kier molecular flexibility index (Phi) is 3.35. The Hall–Kier alpha value is -1.94. The molecule has 0 fully saturated rings. The van der Waals surface area contributed by atoms with Crippen molar-refractivity contribution >= 4 is 0 Å². The lowest BCUT2D eigenvalue weighted by molar-refractivity contribution is 0.228. The summed E-state index contributed by atoms with van der Waals surface area (Å²) in [6, 6.07) is 8.05. The van der Waals surface area contributed by atoms with Crippen LogP contribution in [0.2, 0.25) is 0 Å². The molecule has 4 heteroatoms. The SMILES string of the molecule is Cc1cccc(-c2ncc(OC(C)N)cn2)c1. The summed E-state index contributed by atoms with van der Waals surface area (Å²) in [4.78, 5) is 8.50. The number of hydrogen-bond donors (Lipinski definition) is 1. The van der Waals surface area contributed by atoms with Gasteiger partial charge in [0.05, 0.1) is 12.4 Å². The first kappa shape index (κ1) is 11.5. The zero-order chi connectivity index (χ0) is 12.3. The van der Waals surface area contributed by atoms with Crippen molar-refractivity contribution in [1.29, 1.82) is 0 Å². The number of rotatable bonds is 3. The largest absolute Gasteiger partial charge is 0.473 e. The highest BCUT2D eigenvalue weighted by Crippen LogP contribution is 2.17. The smallest absolute Gasteiger partial charge is 0.159 e. The fraction of sp³-hybridized carbons (Fsp3) is 0.231. The maximum atomic E-state index is 5.52. The summed E-state index contributed by atoms with van der Waals surface area (Å²) < 4.78 is 5.28. The fourth-order valence-corrected chi connectivity index (χ4v) is 1.52. The molecule has 2 rings (SSSR count). The number of nitrogens with two attached hydrogens (primary N) is 1. The third-order valence-corrected chi connectivity index (χ3v) is 2.23. The standard InChI is InChI=1S/C13H15N3O/c1-9-4-3-5-11(6-9)13-15-7-12(8-16-13)17-10(2)14/h3-8,10H,14H2,1-2H3. The Morgan fingerprint density at radius 2 is 1.94 bits per heavy atom. The molecule has 0 aliphatic rings. The number of nitrogens with zero attached hydrogens (tertiary/aromatic N) is 2. The van der Waals surface area contributed by atoms with Crippen molar-refractivity contribution in [1.82, 2.24) is 9.97 Å². The molecule has 2 aromatic rings. The molecular weight excluding hydrogens is 214 g/mol. The molecule has 17 heavy (non-hydrogen) atoms. The lowest BCUT2D eigenvalue weighted by Crippen LogP contribution is -2.22. The summed E-state index contributed by atoms with van der Waals surface area (Å²) in [7, 11) is 0. The van der Waals surface area contributed by atoms with Crippen LogP contribution in [0, 0.1) is 6.92 Å². The summed E-state index contributed by atoms with van der Waals surface area (Å²) in [5.74, 6) is 1.27. The van der Waals surface area contributed by atoms with Crippen LogP contribution in [0.25, 0.3) is 11.4 Å². The topological polar surface area (TPSA) is 61.0 Å². The zero-order valence-electron chi connectivity index (χ0n) is 9.92. The molecule has 4 nitrogen and oxygen atoms in total. The minimum absolute atomic E-state index is 0.358. The quantitative estimate of drug-likeness (QED) is 0.819. The van der Waals surface area contributed by atoms with Crippen LogP contribution in [-0.2, 0) is 0 Å². The number of benzene rings is 1. The highest BCUT2D eigenvalue weighted by atomic mass is 16.5. The van der Waals surface area contributed by atoms with Gasteiger partial charge in [-0.05, 0) is 19.9 Å². The van der Waals surface area contributed by atoms with Crippen LogP contribution in [0.5, 0.6) is 5.75 Å². The van der Waals surface area contributed by atoms with Crippen LogP contribution in [0.3, 0.4) is 0 Å². The summed E-state index contributed by atoms with van der Waals surface area (Å²) in [6.45, 7) is 3.80. The molecule has 1 heterocycles. The van der Waals surface area contributed by atoms with E-state index in [1.54, 1.807) is 19.3 Å². The van der Waals surface area contributed by atoms with E-state index in [2.05, 4.69) is 9.97 Å². The monoisotopic (exact) mass is 229 g/mol. The van der Waals surface area contributed by atoms with Gasteiger partial charge < -0.3 is 4.74 Å². The van der Waals surface area contributed by atoms with E-state index in [9.17, 15) is 0 Å². The maximum Gasteiger partial charge on any atom is 0.159 e. The normalized spacial score (nSPS) is 12.2. The van der Waals surface area contributed by atoms with Gasteiger partial charge in [0.1, 0.15) is 6.23 Å². The molecule has 1 unspecified atom stereocenters. The van der Waals surface area contributed by atoms with Crippen molar-refractivity contribution in [2.24, 2.45) is 5.73 Å². The molecule has 0 bridgehead atoms. The van der Waals surface area contributed by atoms with Gasteiger partial charge in [0, 0.05) is 5.56 Å². The first-order chi connectivity index (χ1) is 8.15. The summed E-state index contributed by atoms with van der Waals surface area (Å²) in [6.07, 6.45) is 2.91. The van der Waals surface area contributed by atoms with Gasteiger partial charge in [0.2, 0.25) is 0 Å². The van der Waals surface area contributed by atoms with Crippen LogP contribution < -0.4 is 10.5 Å². The number of hydrogen-bond acceptors (Lipinski definition) is 4.